The summed E-state index contributed by atoms with van der Waals surface area (Å²) in [5.74, 6) is 2.08. The summed E-state index contributed by atoms with van der Waals surface area (Å²) in [6.07, 6.45) is 4.73. The van der Waals surface area contributed by atoms with Crippen molar-refractivity contribution in [2.75, 3.05) is 13.1 Å². The number of urea groups is 1. The van der Waals surface area contributed by atoms with Crippen LogP contribution in [0.25, 0.3) is 5.65 Å². The number of amides is 2. The number of benzene rings is 1. The van der Waals surface area contributed by atoms with Crippen molar-refractivity contribution in [2.45, 2.75) is 25.2 Å². The molecule has 1 aliphatic rings. The molecule has 1 aromatic carbocycles. The van der Waals surface area contributed by atoms with Crippen LogP contribution in [-0.2, 0) is 6.42 Å². The van der Waals surface area contributed by atoms with E-state index in [2.05, 4.69) is 45.1 Å². The van der Waals surface area contributed by atoms with Crippen LogP contribution < -0.4 is 10.6 Å². The lowest BCUT2D eigenvalue weighted by Gasteiger charge is -2.07. The van der Waals surface area contributed by atoms with E-state index in [4.69, 9.17) is 0 Å². The molecule has 3 aromatic rings. The number of aryl methyl sites for hydroxylation is 1. The molecule has 0 aliphatic heterocycles. The van der Waals surface area contributed by atoms with Crippen LogP contribution in [0.1, 0.15) is 30.1 Å². The number of pyridine rings is 1. The molecule has 6 heteroatoms. The second-order valence-corrected chi connectivity index (χ2v) is 6.80. The van der Waals surface area contributed by atoms with Crippen LogP contribution in [0.4, 0.5) is 4.79 Å². The summed E-state index contributed by atoms with van der Waals surface area (Å²) < 4.78 is 1.98. The quantitative estimate of drug-likeness (QED) is 0.644. The number of nitrogens with zero attached hydrogens (tertiary/aromatic N) is 3. The minimum atomic E-state index is -0.0881. The first-order valence-electron chi connectivity index (χ1n) is 9.16. The Morgan fingerprint density at radius 3 is 2.81 bits per heavy atom. The molecule has 0 saturated heterocycles. The van der Waals surface area contributed by atoms with Crippen molar-refractivity contribution in [1.82, 2.24) is 25.2 Å². The Kier molecular flexibility index (Phi) is 4.82. The van der Waals surface area contributed by atoms with Gasteiger partial charge in [0.15, 0.2) is 5.65 Å². The molecule has 1 aliphatic carbocycles. The van der Waals surface area contributed by atoms with Crippen LogP contribution in [0.2, 0.25) is 0 Å². The lowest BCUT2D eigenvalue weighted by Crippen LogP contribution is -2.37. The van der Waals surface area contributed by atoms with E-state index in [0.717, 1.165) is 37.3 Å². The monoisotopic (exact) mass is 349 g/mol. The minimum absolute atomic E-state index is 0.0881. The van der Waals surface area contributed by atoms with E-state index in [0.29, 0.717) is 18.4 Å². The molecule has 0 radical (unpaired) electrons. The Balaban J connectivity index is 1.14. The van der Waals surface area contributed by atoms with Gasteiger partial charge in [-0.3, -0.25) is 4.40 Å². The fourth-order valence-corrected chi connectivity index (χ4v) is 3.38. The van der Waals surface area contributed by atoms with Gasteiger partial charge in [-0.15, -0.1) is 10.2 Å². The van der Waals surface area contributed by atoms with E-state index >= 15 is 0 Å². The van der Waals surface area contributed by atoms with Gasteiger partial charge >= 0.3 is 6.03 Å². The van der Waals surface area contributed by atoms with Gasteiger partial charge in [0.05, 0.1) is 0 Å². The van der Waals surface area contributed by atoms with Crippen molar-refractivity contribution >= 4 is 11.7 Å². The SMILES string of the molecule is O=C(NCCCc1nnc2ccccn12)NC[C@H]1C[C@@H]1c1ccccc1. The Hall–Kier alpha value is -2.89. The van der Waals surface area contributed by atoms with Crippen LogP contribution in [0, 0.1) is 5.92 Å². The fraction of sp³-hybridized carbons (Fsp3) is 0.350. The predicted octanol–water partition coefficient (Wildman–Crippen LogP) is 2.76. The van der Waals surface area contributed by atoms with Gasteiger partial charge < -0.3 is 10.6 Å². The van der Waals surface area contributed by atoms with Gasteiger partial charge in [0, 0.05) is 25.7 Å². The number of aromatic nitrogens is 3. The molecule has 2 heterocycles. The predicted molar refractivity (Wildman–Crippen MR) is 100.0 cm³/mol. The van der Waals surface area contributed by atoms with Gasteiger partial charge in [0.1, 0.15) is 5.82 Å². The lowest BCUT2D eigenvalue weighted by molar-refractivity contribution is 0.240. The van der Waals surface area contributed by atoms with E-state index < -0.39 is 0 Å². The molecular weight excluding hydrogens is 326 g/mol. The topological polar surface area (TPSA) is 71.3 Å². The Bertz CT molecular complexity index is 876. The van der Waals surface area contributed by atoms with Crippen molar-refractivity contribution in [3.05, 3.63) is 66.1 Å². The second kappa shape index (κ2) is 7.56. The Labute approximate surface area is 152 Å². The minimum Gasteiger partial charge on any atom is -0.338 e. The zero-order valence-corrected chi connectivity index (χ0v) is 14.6. The van der Waals surface area contributed by atoms with Gasteiger partial charge in [-0.1, -0.05) is 36.4 Å². The van der Waals surface area contributed by atoms with E-state index in [1.165, 1.54) is 5.56 Å². The molecule has 2 N–H and O–H groups in total. The molecule has 4 rings (SSSR count). The van der Waals surface area contributed by atoms with Crippen molar-refractivity contribution in [1.29, 1.82) is 0 Å². The van der Waals surface area contributed by atoms with Crippen molar-refractivity contribution in [3.8, 4) is 0 Å². The molecule has 6 nitrogen and oxygen atoms in total. The second-order valence-electron chi connectivity index (χ2n) is 6.80. The summed E-state index contributed by atoms with van der Waals surface area (Å²) in [5.41, 5.74) is 2.23. The van der Waals surface area contributed by atoms with Crippen molar-refractivity contribution in [3.63, 3.8) is 0 Å². The normalized spacial score (nSPS) is 18.6. The summed E-state index contributed by atoms with van der Waals surface area (Å²) in [7, 11) is 0. The van der Waals surface area contributed by atoms with Gasteiger partial charge in [-0.25, -0.2) is 4.79 Å². The van der Waals surface area contributed by atoms with E-state index in [-0.39, 0.29) is 6.03 Å². The average molecular weight is 349 g/mol. The van der Waals surface area contributed by atoms with Gasteiger partial charge in [0.25, 0.3) is 0 Å². The summed E-state index contributed by atoms with van der Waals surface area (Å²) in [4.78, 5) is 11.9. The molecular formula is C20H23N5O. The molecule has 1 fully saturated rings. The van der Waals surface area contributed by atoms with Crippen molar-refractivity contribution in [2.24, 2.45) is 5.92 Å². The highest BCUT2D eigenvalue weighted by atomic mass is 16.2. The van der Waals surface area contributed by atoms with E-state index in [9.17, 15) is 4.79 Å². The zero-order valence-electron chi connectivity index (χ0n) is 14.6. The molecule has 134 valence electrons. The number of carbonyl (C=O) groups is 1. The van der Waals surface area contributed by atoms with Crippen LogP contribution in [0.15, 0.2) is 54.7 Å². The van der Waals surface area contributed by atoms with E-state index in [1.54, 1.807) is 0 Å². The highest BCUT2D eigenvalue weighted by Crippen LogP contribution is 2.46. The number of carbonyl (C=O) groups excluding carboxylic acids is 1. The summed E-state index contributed by atoms with van der Waals surface area (Å²) >= 11 is 0. The maximum absolute atomic E-state index is 11.9. The Morgan fingerprint density at radius 2 is 1.92 bits per heavy atom. The number of rotatable bonds is 7. The smallest absolute Gasteiger partial charge is 0.314 e. The molecule has 26 heavy (non-hydrogen) atoms. The highest BCUT2D eigenvalue weighted by Gasteiger charge is 2.37. The van der Waals surface area contributed by atoms with Gasteiger partial charge in [-0.2, -0.15) is 0 Å². The van der Waals surface area contributed by atoms with Gasteiger partial charge in [0.2, 0.25) is 0 Å². The van der Waals surface area contributed by atoms with Crippen molar-refractivity contribution < 1.29 is 4.79 Å². The third kappa shape index (κ3) is 3.85. The lowest BCUT2D eigenvalue weighted by atomic mass is 10.1. The first-order chi connectivity index (χ1) is 12.8. The largest absolute Gasteiger partial charge is 0.338 e. The zero-order chi connectivity index (χ0) is 17.8. The molecule has 2 amide bonds. The molecule has 1 saturated carbocycles. The number of hydrogen-bond acceptors (Lipinski definition) is 3. The van der Waals surface area contributed by atoms with Crippen LogP contribution >= 0.6 is 0 Å². The molecule has 0 spiro atoms. The van der Waals surface area contributed by atoms with Crippen LogP contribution in [0.5, 0.6) is 0 Å². The summed E-state index contributed by atoms with van der Waals surface area (Å²) in [6, 6.07) is 16.3. The van der Waals surface area contributed by atoms with Crippen LogP contribution in [0.3, 0.4) is 0 Å². The fourth-order valence-electron chi connectivity index (χ4n) is 3.38. The molecule has 2 atom stereocenters. The Morgan fingerprint density at radius 1 is 1.08 bits per heavy atom. The standard InChI is InChI=1S/C20H23N5O/c26-20(22-14-16-13-17(16)15-7-2-1-3-8-15)21-11-6-10-19-24-23-18-9-4-5-12-25(18)19/h1-5,7-9,12,16-17H,6,10-11,13-14H2,(H2,21,22,26)/t16-,17-/m1/s1. The van der Waals surface area contributed by atoms with E-state index in [1.807, 2.05) is 34.9 Å². The number of hydrogen-bond donors (Lipinski definition) is 2. The summed E-state index contributed by atoms with van der Waals surface area (Å²) in [5, 5.41) is 14.2. The van der Waals surface area contributed by atoms with Crippen LogP contribution in [-0.4, -0.2) is 33.7 Å². The third-order valence-electron chi connectivity index (χ3n) is 4.92. The first-order valence-corrected chi connectivity index (χ1v) is 9.16. The third-order valence-corrected chi connectivity index (χ3v) is 4.92. The summed E-state index contributed by atoms with van der Waals surface area (Å²) in [6.45, 7) is 1.36. The number of nitrogens with one attached hydrogen (secondary N) is 2. The highest BCUT2D eigenvalue weighted by molar-refractivity contribution is 5.73. The number of fused-ring (bicyclic) bond motifs is 1. The van der Waals surface area contributed by atoms with Gasteiger partial charge in [-0.05, 0) is 42.4 Å². The maximum atomic E-state index is 11.9. The molecule has 2 aromatic heterocycles. The molecule has 0 unspecified atom stereocenters. The maximum Gasteiger partial charge on any atom is 0.314 e. The molecule has 0 bridgehead atoms. The first kappa shape index (κ1) is 16.6. The average Bonchev–Trinajstić information content (AvgIpc) is 3.36.